The van der Waals surface area contributed by atoms with Crippen LogP contribution >= 0.6 is 0 Å². The van der Waals surface area contributed by atoms with Gasteiger partial charge in [0.1, 0.15) is 12.4 Å². The van der Waals surface area contributed by atoms with E-state index < -0.39 is 11.8 Å². The molecule has 3 rings (SSSR count). The normalized spacial score (nSPS) is 10.3. The molecule has 2 heterocycles. The molecule has 0 aliphatic carbocycles. The third kappa shape index (κ3) is 3.84. The molecule has 0 bridgehead atoms. The van der Waals surface area contributed by atoms with E-state index in [1.165, 1.54) is 18.3 Å². The minimum Gasteiger partial charge on any atom is -0.481 e. The number of carboxylic acids is 1. The zero-order valence-electron chi connectivity index (χ0n) is 13.4. The monoisotopic (exact) mass is 352 g/mol. The summed E-state index contributed by atoms with van der Waals surface area (Å²) in [6, 6.07) is 11.0. The average Bonchev–Trinajstić information content (AvgIpc) is 3.08. The number of halogens is 1. The number of benzene rings is 1. The number of carboxylic acid groups (broad SMARTS) is 1. The van der Waals surface area contributed by atoms with Crippen molar-refractivity contribution in [3.63, 3.8) is 0 Å². The number of nitrogens with one attached hydrogen (secondary N) is 1. The quantitative estimate of drug-likeness (QED) is 0.705. The Bertz CT molecular complexity index is 994. The summed E-state index contributed by atoms with van der Waals surface area (Å²) in [4.78, 5) is 15.2. The van der Waals surface area contributed by atoms with E-state index in [-0.39, 0.29) is 24.5 Å². The number of H-pyrrole nitrogens is 1. The van der Waals surface area contributed by atoms with E-state index in [0.29, 0.717) is 22.5 Å². The Hall–Kier alpha value is -3.73. The van der Waals surface area contributed by atoms with Gasteiger partial charge in [-0.2, -0.15) is 10.4 Å². The molecule has 0 saturated heterocycles. The van der Waals surface area contributed by atoms with Crippen molar-refractivity contribution in [1.82, 2.24) is 15.2 Å². The molecule has 1 aromatic carbocycles. The fourth-order valence-corrected chi connectivity index (χ4v) is 2.35. The minimum absolute atomic E-state index is 0.0566. The third-order valence-corrected chi connectivity index (χ3v) is 3.60. The maximum Gasteiger partial charge on any atom is 0.307 e. The molecule has 0 amide bonds. The van der Waals surface area contributed by atoms with Crippen LogP contribution in [0.15, 0.2) is 42.6 Å². The molecule has 0 fully saturated rings. The second kappa shape index (κ2) is 7.44. The van der Waals surface area contributed by atoms with Crippen molar-refractivity contribution < 1.29 is 19.0 Å². The van der Waals surface area contributed by atoms with Crippen LogP contribution in [0, 0.1) is 17.1 Å². The van der Waals surface area contributed by atoms with Gasteiger partial charge in [0.2, 0.25) is 5.88 Å². The van der Waals surface area contributed by atoms with Crippen LogP contribution in [0.4, 0.5) is 4.39 Å². The lowest BCUT2D eigenvalue weighted by atomic mass is 10.1. The first-order chi connectivity index (χ1) is 12.6. The summed E-state index contributed by atoms with van der Waals surface area (Å²) in [5, 5.41) is 24.3. The van der Waals surface area contributed by atoms with Gasteiger partial charge in [-0.15, -0.1) is 0 Å². The summed E-state index contributed by atoms with van der Waals surface area (Å²) in [7, 11) is 0. The van der Waals surface area contributed by atoms with Gasteiger partial charge in [0.05, 0.1) is 35.6 Å². The van der Waals surface area contributed by atoms with Crippen LogP contribution in [0.1, 0.15) is 16.7 Å². The highest BCUT2D eigenvalue weighted by Crippen LogP contribution is 2.22. The van der Waals surface area contributed by atoms with E-state index in [0.717, 1.165) is 6.07 Å². The molecule has 26 heavy (non-hydrogen) atoms. The van der Waals surface area contributed by atoms with Crippen molar-refractivity contribution in [2.45, 2.75) is 13.0 Å². The molecule has 130 valence electrons. The number of ether oxygens (including phenoxy) is 1. The zero-order chi connectivity index (χ0) is 18.5. The average molecular weight is 352 g/mol. The highest BCUT2D eigenvalue weighted by atomic mass is 19.1. The first kappa shape index (κ1) is 17.1. The smallest absolute Gasteiger partial charge is 0.307 e. The molecule has 0 spiro atoms. The van der Waals surface area contributed by atoms with Crippen molar-refractivity contribution in [2.24, 2.45) is 0 Å². The highest BCUT2D eigenvalue weighted by molar-refractivity contribution is 5.73. The van der Waals surface area contributed by atoms with Crippen LogP contribution in [0.5, 0.6) is 5.88 Å². The maximum absolute atomic E-state index is 13.9. The highest BCUT2D eigenvalue weighted by Gasteiger charge is 2.13. The third-order valence-electron chi connectivity index (χ3n) is 3.60. The molecule has 7 nitrogen and oxygen atoms in total. The van der Waals surface area contributed by atoms with E-state index in [2.05, 4.69) is 15.2 Å². The van der Waals surface area contributed by atoms with Gasteiger partial charge in [0.25, 0.3) is 0 Å². The van der Waals surface area contributed by atoms with Gasteiger partial charge in [-0.25, -0.2) is 9.37 Å². The summed E-state index contributed by atoms with van der Waals surface area (Å²) in [6.07, 6.45) is 1.25. The Labute approximate surface area is 147 Å². The largest absolute Gasteiger partial charge is 0.481 e. The van der Waals surface area contributed by atoms with E-state index in [9.17, 15) is 9.18 Å². The molecule has 2 aromatic heterocycles. The number of carbonyl (C=O) groups is 1. The van der Waals surface area contributed by atoms with Crippen molar-refractivity contribution in [3.05, 3.63) is 65.1 Å². The van der Waals surface area contributed by atoms with Gasteiger partial charge < -0.3 is 9.84 Å². The van der Waals surface area contributed by atoms with E-state index in [1.807, 2.05) is 6.07 Å². The Morgan fingerprint density at radius 3 is 2.88 bits per heavy atom. The van der Waals surface area contributed by atoms with Crippen molar-refractivity contribution >= 4 is 5.97 Å². The number of aromatic nitrogens is 3. The number of nitrogens with zero attached hydrogens (tertiary/aromatic N) is 3. The lowest BCUT2D eigenvalue weighted by Crippen LogP contribution is -2.02. The first-order valence-electron chi connectivity index (χ1n) is 7.59. The molecule has 0 atom stereocenters. The molecule has 0 aliphatic heterocycles. The summed E-state index contributed by atoms with van der Waals surface area (Å²) in [6.45, 7) is -0.0566. The topological polar surface area (TPSA) is 112 Å². The number of aliphatic carboxylic acids is 1. The number of hydrogen-bond acceptors (Lipinski definition) is 5. The van der Waals surface area contributed by atoms with Gasteiger partial charge in [0.15, 0.2) is 0 Å². The summed E-state index contributed by atoms with van der Waals surface area (Å²) in [5.41, 5.74) is 1.99. The van der Waals surface area contributed by atoms with Gasteiger partial charge >= 0.3 is 5.97 Å². The second-order valence-electron chi connectivity index (χ2n) is 5.41. The Morgan fingerprint density at radius 1 is 1.31 bits per heavy atom. The molecule has 3 aromatic rings. The predicted octanol–water partition coefficient (Wildman–Crippen LogP) is 2.69. The molecule has 0 saturated carbocycles. The fourth-order valence-electron chi connectivity index (χ4n) is 2.35. The Morgan fingerprint density at radius 2 is 2.15 bits per heavy atom. The SMILES string of the molecule is N#Cc1ccc(COc2cccc(-c3[nH]ncc3CC(=O)O)n2)c(F)c1. The minimum atomic E-state index is -0.976. The summed E-state index contributed by atoms with van der Waals surface area (Å²) < 4.78 is 19.4. The Balaban J connectivity index is 1.77. The van der Waals surface area contributed by atoms with Gasteiger partial charge in [-0.1, -0.05) is 12.1 Å². The summed E-state index contributed by atoms with van der Waals surface area (Å²) >= 11 is 0. The number of hydrogen-bond donors (Lipinski definition) is 2. The predicted molar refractivity (Wildman–Crippen MR) is 88.6 cm³/mol. The number of rotatable bonds is 6. The molecule has 0 radical (unpaired) electrons. The Kier molecular flexibility index (Phi) is 4.90. The second-order valence-corrected chi connectivity index (χ2v) is 5.41. The zero-order valence-corrected chi connectivity index (χ0v) is 13.4. The van der Waals surface area contributed by atoms with E-state index in [4.69, 9.17) is 15.1 Å². The standard InChI is InChI=1S/C18H13FN4O3/c19-14-6-11(8-20)4-5-12(14)10-26-16-3-1-2-15(22-16)18-13(7-17(24)25)9-21-23-18/h1-6,9H,7,10H2,(H,21,23)(H,24,25). The van der Waals surface area contributed by atoms with Crippen LogP contribution in [0.3, 0.4) is 0 Å². The van der Waals surface area contributed by atoms with Crippen LogP contribution in [-0.2, 0) is 17.8 Å². The van der Waals surface area contributed by atoms with Gasteiger partial charge in [-0.05, 0) is 18.2 Å². The van der Waals surface area contributed by atoms with Crippen LogP contribution in [0.2, 0.25) is 0 Å². The van der Waals surface area contributed by atoms with Crippen molar-refractivity contribution in [1.29, 1.82) is 5.26 Å². The van der Waals surface area contributed by atoms with Crippen molar-refractivity contribution in [2.75, 3.05) is 0 Å². The van der Waals surface area contributed by atoms with E-state index >= 15 is 0 Å². The first-order valence-corrected chi connectivity index (χ1v) is 7.59. The molecular weight excluding hydrogens is 339 g/mol. The van der Waals surface area contributed by atoms with Crippen LogP contribution in [0.25, 0.3) is 11.4 Å². The van der Waals surface area contributed by atoms with E-state index in [1.54, 1.807) is 18.2 Å². The molecule has 8 heteroatoms. The lowest BCUT2D eigenvalue weighted by Gasteiger charge is -2.08. The number of pyridine rings is 1. The van der Waals surface area contributed by atoms with Crippen LogP contribution < -0.4 is 4.74 Å². The van der Waals surface area contributed by atoms with Gasteiger partial charge in [0, 0.05) is 17.2 Å². The molecule has 0 unspecified atom stereocenters. The fraction of sp³-hybridized carbons (Fsp3) is 0.111. The number of nitriles is 1. The number of aromatic amines is 1. The maximum atomic E-state index is 13.9. The van der Waals surface area contributed by atoms with Gasteiger partial charge in [-0.3, -0.25) is 9.89 Å². The molecular formula is C18H13FN4O3. The van der Waals surface area contributed by atoms with Crippen LogP contribution in [-0.4, -0.2) is 26.3 Å². The molecule has 2 N–H and O–H groups in total. The molecule has 0 aliphatic rings. The summed E-state index contributed by atoms with van der Waals surface area (Å²) in [5.74, 6) is -1.25. The lowest BCUT2D eigenvalue weighted by molar-refractivity contribution is -0.136. The van der Waals surface area contributed by atoms with Crippen molar-refractivity contribution in [3.8, 4) is 23.3 Å².